The number of anilines is 1. The van der Waals surface area contributed by atoms with Crippen molar-refractivity contribution in [1.82, 2.24) is 15.4 Å². The van der Waals surface area contributed by atoms with Crippen LogP contribution in [0.4, 0.5) is 5.69 Å². The Morgan fingerprint density at radius 1 is 1.03 bits per heavy atom. The van der Waals surface area contributed by atoms with Crippen LogP contribution in [0, 0.1) is 0 Å². The van der Waals surface area contributed by atoms with E-state index in [-0.39, 0.29) is 17.0 Å². The van der Waals surface area contributed by atoms with E-state index in [0.717, 1.165) is 10.7 Å². The molecule has 0 bridgehead atoms. The third kappa shape index (κ3) is 3.51. The second kappa shape index (κ2) is 7.67. The van der Waals surface area contributed by atoms with Gasteiger partial charge in [0.1, 0.15) is 0 Å². The third-order valence-electron chi connectivity index (χ3n) is 5.22. The maximum atomic E-state index is 13.2. The fourth-order valence-corrected chi connectivity index (χ4v) is 3.78. The molecule has 0 saturated carbocycles. The summed E-state index contributed by atoms with van der Waals surface area (Å²) in [6.45, 7) is 3.80. The number of carbonyl (C=O) groups is 3. The van der Waals surface area contributed by atoms with E-state index in [9.17, 15) is 14.4 Å². The summed E-state index contributed by atoms with van der Waals surface area (Å²) >= 11 is 6.13. The van der Waals surface area contributed by atoms with E-state index in [4.69, 9.17) is 11.6 Å². The molecule has 0 saturated heterocycles. The Bertz CT molecular complexity index is 1240. The van der Waals surface area contributed by atoms with Gasteiger partial charge < -0.3 is 4.90 Å². The lowest BCUT2D eigenvalue weighted by Crippen LogP contribution is -2.46. The first-order valence-electron chi connectivity index (χ1n) is 9.79. The van der Waals surface area contributed by atoms with Crippen molar-refractivity contribution < 1.29 is 14.4 Å². The standard InChI is InChI=1S/C23H21ClN4O3/c1-12(2)20-19-18(16-11-14(24)7-10-17(16)25-20)22(30)28(23(19)31)26-21(29)13-5-8-15(9-6-13)27(3)4/h5-12H,1-4H3,(H,26,29). The molecule has 0 fully saturated rings. The SMILES string of the molecule is CC(C)c1nc2ccc(Cl)cc2c2c1C(=O)N(NC(=O)c1ccc(N(C)C)cc1)C2=O. The maximum absolute atomic E-state index is 13.2. The van der Waals surface area contributed by atoms with Gasteiger partial charge in [-0.05, 0) is 48.4 Å². The van der Waals surface area contributed by atoms with Crippen molar-refractivity contribution in [3.8, 4) is 0 Å². The van der Waals surface area contributed by atoms with Gasteiger partial charge in [0, 0.05) is 35.8 Å². The van der Waals surface area contributed by atoms with E-state index in [0.29, 0.717) is 27.2 Å². The number of carbonyl (C=O) groups excluding carboxylic acids is 3. The Hall–Kier alpha value is -3.45. The molecule has 3 aromatic rings. The van der Waals surface area contributed by atoms with Crippen LogP contribution in [-0.4, -0.2) is 41.8 Å². The van der Waals surface area contributed by atoms with E-state index in [2.05, 4.69) is 10.4 Å². The number of imide groups is 1. The number of rotatable bonds is 4. The highest BCUT2D eigenvalue weighted by Crippen LogP contribution is 2.35. The van der Waals surface area contributed by atoms with E-state index in [1.807, 2.05) is 32.8 Å². The molecule has 1 aliphatic heterocycles. The van der Waals surface area contributed by atoms with E-state index in [1.165, 1.54) is 0 Å². The maximum Gasteiger partial charge on any atom is 0.282 e. The lowest BCUT2D eigenvalue weighted by molar-refractivity contribution is 0.0518. The quantitative estimate of drug-likeness (QED) is 0.624. The number of hydrogen-bond acceptors (Lipinski definition) is 5. The molecule has 0 aliphatic carbocycles. The second-order valence-corrected chi connectivity index (χ2v) is 8.33. The predicted octanol–water partition coefficient (Wildman–Crippen LogP) is 4.02. The number of amides is 3. The zero-order valence-electron chi connectivity index (χ0n) is 17.6. The molecule has 7 nitrogen and oxygen atoms in total. The average molecular weight is 437 g/mol. The molecule has 0 unspecified atom stereocenters. The van der Waals surface area contributed by atoms with Crippen molar-refractivity contribution in [2.75, 3.05) is 19.0 Å². The predicted molar refractivity (Wildman–Crippen MR) is 120 cm³/mol. The average Bonchev–Trinajstić information content (AvgIpc) is 2.98. The van der Waals surface area contributed by atoms with Gasteiger partial charge in [0.25, 0.3) is 17.7 Å². The summed E-state index contributed by atoms with van der Waals surface area (Å²) in [4.78, 5) is 45.7. The number of nitrogens with zero attached hydrogens (tertiary/aromatic N) is 3. The number of benzene rings is 2. The molecular formula is C23H21ClN4O3. The molecule has 2 heterocycles. The van der Waals surface area contributed by atoms with Gasteiger partial charge in [-0.3, -0.25) is 24.8 Å². The Morgan fingerprint density at radius 3 is 2.29 bits per heavy atom. The Labute approximate surface area is 184 Å². The molecule has 2 aromatic carbocycles. The minimum atomic E-state index is -0.602. The highest BCUT2D eigenvalue weighted by molar-refractivity contribution is 6.32. The number of hydrazine groups is 1. The summed E-state index contributed by atoms with van der Waals surface area (Å²) in [6, 6.07) is 11.9. The summed E-state index contributed by atoms with van der Waals surface area (Å²) in [5, 5.41) is 1.68. The van der Waals surface area contributed by atoms with E-state index < -0.39 is 17.7 Å². The molecule has 8 heteroatoms. The molecule has 0 atom stereocenters. The van der Waals surface area contributed by atoms with Crippen LogP contribution >= 0.6 is 11.6 Å². The van der Waals surface area contributed by atoms with Crippen molar-refractivity contribution in [3.05, 3.63) is 69.9 Å². The zero-order chi connectivity index (χ0) is 22.4. The van der Waals surface area contributed by atoms with E-state index >= 15 is 0 Å². The summed E-state index contributed by atoms with van der Waals surface area (Å²) < 4.78 is 0. The third-order valence-corrected chi connectivity index (χ3v) is 5.45. The number of hydrogen-bond donors (Lipinski definition) is 1. The highest BCUT2D eigenvalue weighted by Gasteiger charge is 2.41. The summed E-state index contributed by atoms with van der Waals surface area (Å²) in [5.74, 6) is -1.85. The number of halogens is 1. The van der Waals surface area contributed by atoms with Gasteiger partial charge >= 0.3 is 0 Å². The van der Waals surface area contributed by atoms with Crippen LogP contribution in [0.3, 0.4) is 0 Å². The summed E-state index contributed by atoms with van der Waals surface area (Å²) in [7, 11) is 3.79. The number of pyridine rings is 1. The molecule has 31 heavy (non-hydrogen) atoms. The van der Waals surface area contributed by atoms with Gasteiger partial charge in [-0.15, -0.1) is 0 Å². The Balaban J connectivity index is 1.74. The molecule has 1 aliphatic rings. The fourth-order valence-electron chi connectivity index (χ4n) is 3.61. The second-order valence-electron chi connectivity index (χ2n) is 7.89. The molecule has 1 aromatic heterocycles. The van der Waals surface area contributed by atoms with Crippen molar-refractivity contribution in [2.24, 2.45) is 0 Å². The van der Waals surface area contributed by atoms with Crippen LogP contribution in [0.2, 0.25) is 5.02 Å². The molecule has 4 rings (SSSR count). The molecule has 0 spiro atoms. The van der Waals surface area contributed by atoms with Gasteiger partial charge in [0.05, 0.1) is 22.3 Å². The molecule has 158 valence electrons. The Kier molecular flexibility index (Phi) is 5.15. The minimum Gasteiger partial charge on any atom is -0.378 e. The van der Waals surface area contributed by atoms with Gasteiger partial charge in [-0.2, -0.15) is 5.01 Å². The lowest BCUT2D eigenvalue weighted by Gasteiger charge is -2.16. The topological polar surface area (TPSA) is 82.6 Å². The van der Waals surface area contributed by atoms with Gasteiger partial charge in [0.15, 0.2) is 0 Å². The zero-order valence-corrected chi connectivity index (χ0v) is 18.3. The van der Waals surface area contributed by atoms with Crippen LogP contribution < -0.4 is 10.3 Å². The molecule has 1 N–H and O–H groups in total. The van der Waals surface area contributed by atoms with Crippen LogP contribution in [-0.2, 0) is 0 Å². The van der Waals surface area contributed by atoms with Crippen molar-refractivity contribution in [3.63, 3.8) is 0 Å². The first kappa shape index (κ1) is 20.8. The summed E-state index contributed by atoms with van der Waals surface area (Å²) in [5.41, 5.74) is 5.21. The van der Waals surface area contributed by atoms with Crippen molar-refractivity contribution in [1.29, 1.82) is 0 Å². The van der Waals surface area contributed by atoms with Crippen molar-refractivity contribution >= 4 is 45.9 Å². The first-order chi connectivity index (χ1) is 14.7. The van der Waals surface area contributed by atoms with Crippen LogP contribution in [0.5, 0.6) is 0 Å². The largest absolute Gasteiger partial charge is 0.378 e. The van der Waals surface area contributed by atoms with Gasteiger partial charge in [-0.25, -0.2) is 0 Å². The minimum absolute atomic E-state index is 0.0974. The smallest absolute Gasteiger partial charge is 0.282 e. The van der Waals surface area contributed by atoms with Gasteiger partial charge in [-0.1, -0.05) is 25.4 Å². The van der Waals surface area contributed by atoms with Crippen LogP contribution in [0.1, 0.15) is 56.5 Å². The molecule has 3 amide bonds. The number of aromatic nitrogens is 1. The fraction of sp³-hybridized carbons (Fsp3) is 0.217. The van der Waals surface area contributed by atoms with Crippen LogP contribution in [0.25, 0.3) is 10.9 Å². The normalized spacial score (nSPS) is 13.2. The first-order valence-corrected chi connectivity index (χ1v) is 10.2. The van der Waals surface area contributed by atoms with Gasteiger partial charge in [0.2, 0.25) is 0 Å². The van der Waals surface area contributed by atoms with E-state index in [1.54, 1.807) is 42.5 Å². The van der Waals surface area contributed by atoms with Crippen LogP contribution in [0.15, 0.2) is 42.5 Å². The highest BCUT2D eigenvalue weighted by atomic mass is 35.5. The molecule has 0 radical (unpaired) electrons. The number of fused-ring (bicyclic) bond motifs is 3. The monoisotopic (exact) mass is 436 g/mol. The lowest BCUT2D eigenvalue weighted by atomic mass is 9.97. The summed E-state index contributed by atoms with van der Waals surface area (Å²) in [6.07, 6.45) is 0. The number of nitrogens with one attached hydrogen (secondary N) is 1. The Morgan fingerprint density at radius 2 is 1.68 bits per heavy atom. The van der Waals surface area contributed by atoms with Crippen molar-refractivity contribution in [2.45, 2.75) is 19.8 Å². The molecular weight excluding hydrogens is 416 g/mol.